The Bertz CT molecular complexity index is 461. The second-order valence-electron chi connectivity index (χ2n) is 4.46. The van der Waals surface area contributed by atoms with E-state index in [9.17, 15) is 13.6 Å². The molecule has 2 rings (SSSR count). The Kier molecular flexibility index (Phi) is 3.58. The van der Waals surface area contributed by atoms with Crippen LogP contribution in [-0.4, -0.2) is 29.7 Å². The van der Waals surface area contributed by atoms with Crippen LogP contribution in [0.1, 0.15) is 12.8 Å². The quantitative estimate of drug-likeness (QED) is 0.737. The lowest BCUT2D eigenvalue weighted by Gasteiger charge is -2.14. The van der Waals surface area contributed by atoms with Crippen LogP contribution >= 0.6 is 0 Å². The zero-order valence-electron chi connectivity index (χ0n) is 9.67. The molecule has 0 unspecified atom stereocenters. The van der Waals surface area contributed by atoms with Crippen LogP contribution < -0.4 is 10.6 Å². The van der Waals surface area contributed by atoms with Gasteiger partial charge in [0, 0.05) is 11.6 Å². The van der Waals surface area contributed by atoms with E-state index in [1.165, 1.54) is 6.07 Å². The molecule has 1 amide bonds. The van der Waals surface area contributed by atoms with Crippen molar-refractivity contribution in [2.45, 2.75) is 18.4 Å². The number of amides is 1. The molecule has 1 aliphatic carbocycles. The van der Waals surface area contributed by atoms with Gasteiger partial charge in [0.1, 0.15) is 11.6 Å². The van der Waals surface area contributed by atoms with Crippen molar-refractivity contribution in [2.24, 2.45) is 0 Å². The molecule has 0 atom stereocenters. The molecule has 1 fully saturated rings. The zero-order valence-corrected chi connectivity index (χ0v) is 9.67. The first-order valence-corrected chi connectivity index (χ1v) is 5.65. The summed E-state index contributed by atoms with van der Waals surface area (Å²) in [5, 5.41) is 14.3. The van der Waals surface area contributed by atoms with E-state index < -0.39 is 17.5 Å². The number of aliphatic hydroxyl groups excluding tert-OH is 1. The van der Waals surface area contributed by atoms with Crippen LogP contribution in [0, 0.1) is 11.6 Å². The SMILES string of the molecule is O=C(CNC1(CO)CC1)Nc1ccc(F)cc1F. The van der Waals surface area contributed by atoms with E-state index in [-0.39, 0.29) is 24.4 Å². The molecule has 98 valence electrons. The minimum absolute atomic E-state index is 0.0165. The van der Waals surface area contributed by atoms with Crippen molar-refractivity contribution in [1.29, 1.82) is 0 Å². The summed E-state index contributed by atoms with van der Waals surface area (Å²) in [5.41, 5.74) is -0.407. The molecule has 0 spiro atoms. The third-order valence-electron chi connectivity index (χ3n) is 2.99. The Labute approximate surface area is 103 Å². The van der Waals surface area contributed by atoms with Crippen LogP contribution in [0.2, 0.25) is 0 Å². The lowest BCUT2D eigenvalue weighted by Crippen LogP contribution is -2.40. The number of nitrogens with one attached hydrogen (secondary N) is 2. The molecule has 0 bridgehead atoms. The second kappa shape index (κ2) is 4.99. The van der Waals surface area contributed by atoms with Gasteiger partial charge in [0.05, 0.1) is 18.8 Å². The number of rotatable bonds is 5. The zero-order chi connectivity index (χ0) is 13.2. The van der Waals surface area contributed by atoms with Gasteiger partial charge in [0.25, 0.3) is 0 Å². The van der Waals surface area contributed by atoms with E-state index >= 15 is 0 Å². The molecule has 1 aromatic rings. The van der Waals surface area contributed by atoms with Gasteiger partial charge in [-0.3, -0.25) is 4.79 Å². The molecule has 0 saturated heterocycles. The summed E-state index contributed by atoms with van der Waals surface area (Å²) in [4.78, 5) is 11.5. The van der Waals surface area contributed by atoms with Crippen LogP contribution in [0.3, 0.4) is 0 Å². The molecule has 0 radical (unpaired) electrons. The maximum Gasteiger partial charge on any atom is 0.238 e. The first-order chi connectivity index (χ1) is 8.54. The standard InChI is InChI=1S/C12H14F2N2O2/c13-8-1-2-10(9(14)5-8)16-11(18)6-15-12(7-17)3-4-12/h1-2,5,15,17H,3-4,6-7H2,(H,16,18). The molecule has 18 heavy (non-hydrogen) atoms. The maximum atomic E-state index is 13.2. The first-order valence-electron chi connectivity index (χ1n) is 5.65. The maximum absolute atomic E-state index is 13.2. The average Bonchev–Trinajstić information content (AvgIpc) is 3.11. The summed E-state index contributed by atoms with van der Waals surface area (Å²) < 4.78 is 25.9. The van der Waals surface area contributed by atoms with Gasteiger partial charge in [-0.15, -0.1) is 0 Å². The Morgan fingerprint density at radius 1 is 1.39 bits per heavy atom. The number of carbonyl (C=O) groups is 1. The summed E-state index contributed by atoms with van der Waals surface area (Å²) in [7, 11) is 0. The van der Waals surface area contributed by atoms with Crippen LogP contribution in [0.25, 0.3) is 0 Å². The van der Waals surface area contributed by atoms with Crippen LogP contribution in [0.4, 0.5) is 14.5 Å². The highest BCUT2D eigenvalue weighted by Gasteiger charge is 2.41. The van der Waals surface area contributed by atoms with Gasteiger partial charge in [0.2, 0.25) is 5.91 Å². The highest BCUT2D eigenvalue weighted by molar-refractivity contribution is 5.92. The Balaban J connectivity index is 1.87. The van der Waals surface area contributed by atoms with Crippen LogP contribution in [0.15, 0.2) is 18.2 Å². The fourth-order valence-corrected chi connectivity index (χ4v) is 1.59. The summed E-state index contributed by atoms with van der Waals surface area (Å²) in [6.07, 6.45) is 1.64. The number of aliphatic hydroxyl groups is 1. The summed E-state index contributed by atoms with van der Waals surface area (Å²) in [6, 6.07) is 2.95. The Morgan fingerprint density at radius 3 is 2.67 bits per heavy atom. The normalized spacial score (nSPS) is 16.4. The number of halogens is 2. The van der Waals surface area contributed by atoms with Gasteiger partial charge in [-0.2, -0.15) is 0 Å². The number of hydrogen-bond donors (Lipinski definition) is 3. The fourth-order valence-electron chi connectivity index (χ4n) is 1.59. The third-order valence-corrected chi connectivity index (χ3v) is 2.99. The van der Waals surface area contributed by atoms with Crippen molar-refractivity contribution in [3.05, 3.63) is 29.8 Å². The highest BCUT2D eigenvalue weighted by Crippen LogP contribution is 2.34. The van der Waals surface area contributed by atoms with Gasteiger partial charge in [0.15, 0.2) is 0 Å². The molecule has 0 heterocycles. The van der Waals surface area contributed by atoms with Gasteiger partial charge in [-0.1, -0.05) is 0 Å². The molecule has 3 N–H and O–H groups in total. The second-order valence-corrected chi connectivity index (χ2v) is 4.46. The predicted molar refractivity (Wildman–Crippen MR) is 62.0 cm³/mol. The van der Waals surface area contributed by atoms with Crippen molar-refractivity contribution in [1.82, 2.24) is 5.32 Å². The fraction of sp³-hybridized carbons (Fsp3) is 0.417. The van der Waals surface area contributed by atoms with Crippen LogP contribution in [-0.2, 0) is 4.79 Å². The lowest BCUT2D eigenvalue weighted by atomic mass is 10.2. The van der Waals surface area contributed by atoms with Crippen molar-refractivity contribution >= 4 is 11.6 Å². The van der Waals surface area contributed by atoms with E-state index in [0.717, 1.165) is 18.9 Å². The van der Waals surface area contributed by atoms with Crippen molar-refractivity contribution in [3.8, 4) is 0 Å². The van der Waals surface area contributed by atoms with E-state index in [4.69, 9.17) is 5.11 Å². The molecular formula is C12H14F2N2O2. The van der Waals surface area contributed by atoms with E-state index in [1.54, 1.807) is 0 Å². The predicted octanol–water partition coefficient (Wildman–Crippen LogP) is 1.02. The number of anilines is 1. The lowest BCUT2D eigenvalue weighted by molar-refractivity contribution is -0.115. The molecular weight excluding hydrogens is 242 g/mol. The first kappa shape index (κ1) is 12.9. The third kappa shape index (κ3) is 3.02. The smallest absolute Gasteiger partial charge is 0.238 e. The number of benzene rings is 1. The summed E-state index contributed by atoms with van der Waals surface area (Å²) >= 11 is 0. The number of hydrogen-bond acceptors (Lipinski definition) is 3. The Hall–Kier alpha value is -1.53. The van der Waals surface area contributed by atoms with Gasteiger partial charge in [-0.05, 0) is 25.0 Å². The summed E-state index contributed by atoms with van der Waals surface area (Å²) in [6.45, 7) is -0.0391. The van der Waals surface area contributed by atoms with Crippen molar-refractivity contribution in [2.75, 3.05) is 18.5 Å². The topological polar surface area (TPSA) is 61.4 Å². The molecule has 0 aromatic heterocycles. The van der Waals surface area contributed by atoms with Gasteiger partial charge in [-0.25, -0.2) is 8.78 Å². The molecule has 4 nitrogen and oxygen atoms in total. The van der Waals surface area contributed by atoms with E-state index in [2.05, 4.69) is 10.6 Å². The molecule has 1 aliphatic rings. The highest BCUT2D eigenvalue weighted by atomic mass is 19.1. The number of carbonyl (C=O) groups excluding carboxylic acids is 1. The molecule has 1 aromatic carbocycles. The molecule has 0 aliphatic heterocycles. The van der Waals surface area contributed by atoms with Crippen LogP contribution in [0.5, 0.6) is 0 Å². The molecule has 1 saturated carbocycles. The Morgan fingerprint density at radius 2 is 2.11 bits per heavy atom. The largest absolute Gasteiger partial charge is 0.394 e. The van der Waals surface area contributed by atoms with Gasteiger partial charge >= 0.3 is 0 Å². The van der Waals surface area contributed by atoms with Gasteiger partial charge < -0.3 is 15.7 Å². The van der Waals surface area contributed by atoms with E-state index in [1.807, 2.05) is 0 Å². The minimum atomic E-state index is -0.813. The van der Waals surface area contributed by atoms with E-state index in [0.29, 0.717) is 6.07 Å². The van der Waals surface area contributed by atoms with Crippen molar-refractivity contribution < 1.29 is 18.7 Å². The summed E-state index contributed by atoms with van der Waals surface area (Å²) in [5.74, 6) is -1.94. The average molecular weight is 256 g/mol. The monoisotopic (exact) mass is 256 g/mol. The molecule has 6 heteroatoms. The van der Waals surface area contributed by atoms with Crippen molar-refractivity contribution in [3.63, 3.8) is 0 Å². The minimum Gasteiger partial charge on any atom is -0.394 e.